The molecule has 2 nitrogen and oxygen atoms in total. The van der Waals surface area contributed by atoms with Crippen molar-refractivity contribution >= 4 is 32.3 Å². The summed E-state index contributed by atoms with van der Waals surface area (Å²) >= 11 is 0. The van der Waals surface area contributed by atoms with Crippen molar-refractivity contribution in [2.24, 2.45) is 0 Å². The first-order chi connectivity index (χ1) is 21.3. The summed E-state index contributed by atoms with van der Waals surface area (Å²) in [6.45, 7) is 2.83. The molecule has 0 N–H and O–H groups in total. The van der Waals surface area contributed by atoms with E-state index in [4.69, 9.17) is 0 Å². The quantitative estimate of drug-likeness (QED) is 0.190. The van der Waals surface area contributed by atoms with E-state index in [0.29, 0.717) is 6.71 Å². The van der Waals surface area contributed by atoms with Crippen molar-refractivity contribution < 1.29 is 0 Å². The van der Waals surface area contributed by atoms with Crippen molar-refractivity contribution in [2.75, 3.05) is 0 Å². The second-order valence-electron chi connectivity index (χ2n) is 11.5. The molecule has 0 atom stereocenters. The van der Waals surface area contributed by atoms with Crippen LogP contribution in [0, 0.1) is 0 Å². The highest BCUT2D eigenvalue weighted by Crippen LogP contribution is 2.38. The minimum Gasteiger partial charge on any atom is -0.326 e. The summed E-state index contributed by atoms with van der Waals surface area (Å²) in [4.78, 5) is 4.40. The lowest BCUT2D eigenvalue weighted by Gasteiger charge is -2.37. The first kappa shape index (κ1) is 28.7. The monoisotopic (exact) mass is 574 g/mol. The van der Waals surface area contributed by atoms with Crippen molar-refractivity contribution in [1.82, 2.24) is 9.55 Å². The zero-order valence-electron chi connectivity index (χ0n) is 25.0. The number of nitrogens with zero attached hydrogens (tertiary/aromatic N) is 2. The smallest absolute Gasteiger partial charge is 0.212 e. The van der Waals surface area contributed by atoms with E-state index in [9.17, 15) is 0 Å². The van der Waals surface area contributed by atoms with Crippen LogP contribution < -0.4 is 16.1 Å². The first-order valence-corrected chi connectivity index (χ1v) is 17.0. The summed E-state index contributed by atoms with van der Waals surface area (Å²) in [6, 6.07) is 52.7. The Labute approximate surface area is 259 Å². The molecule has 1 aliphatic carbocycles. The molecular weight excluding hydrogens is 535 g/mol. The van der Waals surface area contributed by atoms with Gasteiger partial charge in [0.15, 0.2) is 0 Å². The topological polar surface area (TPSA) is 17.8 Å². The summed E-state index contributed by atoms with van der Waals surface area (Å²) in [5.74, 6) is 0.866. The van der Waals surface area contributed by atoms with Gasteiger partial charge in [-0.15, -0.1) is 0 Å². The van der Waals surface area contributed by atoms with E-state index >= 15 is 0 Å². The third kappa shape index (κ3) is 6.65. The Morgan fingerprint density at radius 1 is 0.698 bits per heavy atom. The summed E-state index contributed by atoms with van der Waals surface area (Å²) in [5.41, 5.74) is 6.98. The number of hydrogen-bond donors (Lipinski definition) is 0. The molecule has 0 spiro atoms. The molecule has 0 unspecified atom stereocenters. The maximum absolute atomic E-state index is 4.40. The lowest BCUT2D eigenvalue weighted by molar-refractivity contribution is 0.596. The van der Waals surface area contributed by atoms with E-state index in [-0.39, 0.29) is 5.16 Å². The molecule has 1 aliphatic rings. The van der Waals surface area contributed by atoms with Crippen molar-refractivity contribution in [3.8, 4) is 0 Å². The van der Waals surface area contributed by atoms with Crippen LogP contribution in [0.1, 0.15) is 36.5 Å². The number of aromatic nitrogens is 2. The van der Waals surface area contributed by atoms with Gasteiger partial charge in [0, 0.05) is 12.4 Å². The van der Waals surface area contributed by atoms with Crippen LogP contribution in [0.25, 0.3) is 0 Å². The average Bonchev–Trinajstić information content (AvgIpc) is 3.76. The van der Waals surface area contributed by atoms with E-state index in [2.05, 4.69) is 168 Å². The molecule has 4 heteroatoms. The number of rotatable bonds is 9. The molecule has 5 aromatic carbocycles. The van der Waals surface area contributed by atoms with E-state index in [1.54, 1.807) is 0 Å². The molecule has 1 saturated carbocycles. The number of hydrogen-bond acceptors (Lipinski definition) is 1. The van der Waals surface area contributed by atoms with Crippen LogP contribution in [0.15, 0.2) is 164 Å². The zero-order chi connectivity index (χ0) is 29.3. The van der Waals surface area contributed by atoms with Crippen molar-refractivity contribution in [3.05, 3.63) is 181 Å². The SMILES string of the molecule is CCc1cccc([SiH2]C(c2ccccc2)(c2ccccc2)n2ccnc2)c1.c1ccc(B(c2ccccc2)C2CC2)cc1. The molecule has 0 bridgehead atoms. The Kier molecular flexibility index (Phi) is 9.15. The molecule has 1 aromatic heterocycles. The summed E-state index contributed by atoms with van der Waals surface area (Å²) in [6.07, 6.45) is 9.80. The molecule has 6 aromatic rings. The largest absolute Gasteiger partial charge is 0.326 e. The van der Waals surface area contributed by atoms with Crippen LogP contribution in [0.4, 0.5) is 0 Å². The molecule has 43 heavy (non-hydrogen) atoms. The van der Waals surface area contributed by atoms with Gasteiger partial charge >= 0.3 is 0 Å². The third-order valence-corrected chi connectivity index (χ3v) is 11.3. The number of aryl methyl sites for hydroxylation is 1. The van der Waals surface area contributed by atoms with Crippen LogP contribution in [0.3, 0.4) is 0 Å². The van der Waals surface area contributed by atoms with Crippen molar-refractivity contribution in [3.63, 3.8) is 0 Å². The van der Waals surface area contributed by atoms with Crippen LogP contribution >= 0.6 is 0 Å². The molecule has 0 saturated heterocycles. The number of benzene rings is 5. The standard InChI is InChI=1S/C24H24N2Si.C15H15B/c1-2-20-10-9-15-23(18-20)27-24(26-17-16-25-19-26,21-11-5-3-6-12-21)22-13-7-4-8-14-22;1-3-7-13(8-4-1)16(15-11-12-15)14-9-5-2-6-10-14/h3-19H,2,27H2,1H3;1-10,15H,11-12H2. The van der Waals surface area contributed by atoms with Crippen LogP contribution in [-0.4, -0.2) is 25.8 Å². The molecule has 1 fully saturated rings. The van der Waals surface area contributed by atoms with Gasteiger partial charge in [-0.2, -0.15) is 0 Å². The normalized spacial score (nSPS) is 13.0. The van der Waals surface area contributed by atoms with Gasteiger partial charge in [0.2, 0.25) is 6.71 Å². The Bertz CT molecular complexity index is 1590. The molecule has 212 valence electrons. The number of imidazole rings is 1. The zero-order valence-corrected chi connectivity index (χ0v) is 26.4. The van der Waals surface area contributed by atoms with Gasteiger partial charge < -0.3 is 4.57 Å². The minimum absolute atomic E-state index is 0.203. The van der Waals surface area contributed by atoms with Crippen LogP contribution in [-0.2, 0) is 11.6 Å². The molecule has 7 rings (SSSR count). The van der Waals surface area contributed by atoms with Gasteiger partial charge in [-0.1, -0.05) is 187 Å². The molecular formula is C39H39BN2Si. The minimum atomic E-state index is -0.778. The van der Waals surface area contributed by atoms with E-state index in [1.165, 1.54) is 45.6 Å². The van der Waals surface area contributed by atoms with E-state index in [1.807, 2.05) is 12.5 Å². The van der Waals surface area contributed by atoms with Crippen molar-refractivity contribution in [2.45, 2.75) is 37.2 Å². The average molecular weight is 575 g/mol. The van der Waals surface area contributed by atoms with E-state index in [0.717, 1.165) is 12.2 Å². The highest BCUT2D eigenvalue weighted by atomic mass is 28.2. The Hall–Kier alpha value is -4.41. The fourth-order valence-corrected chi connectivity index (χ4v) is 8.87. The van der Waals surface area contributed by atoms with Gasteiger partial charge in [-0.25, -0.2) is 4.98 Å². The Balaban J connectivity index is 0.000000174. The summed E-state index contributed by atoms with van der Waals surface area (Å²) in [7, 11) is -0.778. The molecule has 1 heterocycles. The first-order valence-electron chi connectivity index (χ1n) is 15.5. The summed E-state index contributed by atoms with van der Waals surface area (Å²) < 4.78 is 2.31. The second-order valence-corrected chi connectivity index (χ2v) is 13.7. The fraction of sp³-hybridized carbons (Fsp3) is 0.154. The Morgan fingerprint density at radius 3 is 1.70 bits per heavy atom. The molecule has 0 radical (unpaired) electrons. The van der Waals surface area contributed by atoms with Crippen LogP contribution in [0.2, 0.25) is 5.82 Å². The highest BCUT2D eigenvalue weighted by Gasteiger charge is 2.37. The fourth-order valence-electron chi connectivity index (χ4n) is 6.41. The predicted molar refractivity (Wildman–Crippen MR) is 186 cm³/mol. The van der Waals surface area contributed by atoms with Gasteiger partial charge in [-0.05, 0) is 23.1 Å². The molecule has 0 amide bonds. The van der Waals surface area contributed by atoms with Gasteiger partial charge in [0.05, 0.1) is 21.0 Å². The second kappa shape index (κ2) is 13.7. The maximum Gasteiger partial charge on any atom is 0.212 e. The lowest BCUT2D eigenvalue weighted by atomic mass is 9.37. The third-order valence-electron chi connectivity index (χ3n) is 8.72. The molecule has 0 aliphatic heterocycles. The lowest BCUT2D eigenvalue weighted by Crippen LogP contribution is -2.46. The van der Waals surface area contributed by atoms with E-state index < -0.39 is 9.52 Å². The summed E-state index contributed by atoms with van der Waals surface area (Å²) in [5, 5.41) is 1.27. The van der Waals surface area contributed by atoms with Crippen molar-refractivity contribution in [1.29, 1.82) is 0 Å². The van der Waals surface area contributed by atoms with Gasteiger partial charge in [-0.3, -0.25) is 0 Å². The van der Waals surface area contributed by atoms with Gasteiger partial charge in [0.25, 0.3) is 0 Å². The Morgan fingerprint density at radius 2 is 1.23 bits per heavy atom. The van der Waals surface area contributed by atoms with Gasteiger partial charge in [0.1, 0.15) is 0 Å². The predicted octanol–water partition coefficient (Wildman–Crippen LogP) is 6.15. The maximum atomic E-state index is 4.40. The highest BCUT2D eigenvalue weighted by molar-refractivity contribution is 6.86. The van der Waals surface area contributed by atoms with Crippen LogP contribution in [0.5, 0.6) is 0 Å².